The van der Waals surface area contributed by atoms with Crippen molar-refractivity contribution in [1.82, 2.24) is 4.90 Å². The van der Waals surface area contributed by atoms with Crippen molar-refractivity contribution in [1.29, 1.82) is 0 Å². The second-order valence-corrected chi connectivity index (χ2v) is 6.49. The van der Waals surface area contributed by atoms with Gasteiger partial charge in [0.1, 0.15) is 0 Å². The van der Waals surface area contributed by atoms with E-state index in [0.29, 0.717) is 11.6 Å². The molecule has 0 aromatic heterocycles. The van der Waals surface area contributed by atoms with Gasteiger partial charge in [-0.25, -0.2) is 4.79 Å². The van der Waals surface area contributed by atoms with Crippen LogP contribution >= 0.6 is 0 Å². The summed E-state index contributed by atoms with van der Waals surface area (Å²) in [7, 11) is 0. The number of carboxylic acids is 1. The standard InChI is InChI=1S/C18H25NO2/c1-2-13-6-3-4-9-17(13)19-11-10-15-14(12-19)7-5-8-16(15)18(20)21/h5,7-8,13,17H,2-4,6,9-12H2,1H3,(H,20,21). The Kier molecular flexibility index (Phi) is 4.29. The topological polar surface area (TPSA) is 40.5 Å². The molecule has 1 aliphatic heterocycles. The monoisotopic (exact) mass is 287 g/mol. The maximum Gasteiger partial charge on any atom is 0.335 e. The van der Waals surface area contributed by atoms with Crippen LogP contribution in [0.15, 0.2) is 18.2 Å². The van der Waals surface area contributed by atoms with Crippen LogP contribution in [0, 0.1) is 5.92 Å². The molecule has 1 aliphatic carbocycles. The third-order valence-electron chi connectivity index (χ3n) is 5.39. The molecular formula is C18H25NO2. The third kappa shape index (κ3) is 2.84. The highest BCUT2D eigenvalue weighted by atomic mass is 16.4. The molecule has 0 saturated heterocycles. The van der Waals surface area contributed by atoms with Gasteiger partial charge in [0.15, 0.2) is 0 Å². The van der Waals surface area contributed by atoms with Crippen LogP contribution in [0.5, 0.6) is 0 Å². The minimum atomic E-state index is -0.788. The smallest absolute Gasteiger partial charge is 0.335 e. The first-order chi connectivity index (χ1) is 10.2. The van der Waals surface area contributed by atoms with Crippen molar-refractivity contribution in [3.8, 4) is 0 Å². The molecule has 1 fully saturated rings. The van der Waals surface area contributed by atoms with Crippen LogP contribution < -0.4 is 0 Å². The molecule has 114 valence electrons. The fourth-order valence-electron chi connectivity index (χ4n) is 4.26. The summed E-state index contributed by atoms with van der Waals surface area (Å²) in [6, 6.07) is 6.44. The second kappa shape index (κ2) is 6.18. The fourth-order valence-corrected chi connectivity index (χ4v) is 4.26. The first-order valence-corrected chi connectivity index (χ1v) is 8.28. The van der Waals surface area contributed by atoms with E-state index in [2.05, 4.69) is 17.9 Å². The van der Waals surface area contributed by atoms with Gasteiger partial charge in [-0.2, -0.15) is 0 Å². The first-order valence-electron chi connectivity index (χ1n) is 8.28. The van der Waals surface area contributed by atoms with E-state index in [-0.39, 0.29) is 0 Å². The molecule has 3 rings (SSSR count). The van der Waals surface area contributed by atoms with E-state index in [9.17, 15) is 9.90 Å². The van der Waals surface area contributed by atoms with Crippen molar-refractivity contribution < 1.29 is 9.90 Å². The molecule has 1 aromatic rings. The first kappa shape index (κ1) is 14.6. The second-order valence-electron chi connectivity index (χ2n) is 6.49. The number of carbonyl (C=O) groups is 1. The average Bonchev–Trinajstić information content (AvgIpc) is 2.53. The maximum atomic E-state index is 11.3. The molecule has 0 radical (unpaired) electrons. The lowest BCUT2D eigenvalue weighted by Crippen LogP contribution is -2.45. The molecule has 0 spiro atoms. The largest absolute Gasteiger partial charge is 0.478 e. The zero-order chi connectivity index (χ0) is 14.8. The highest BCUT2D eigenvalue weighted by Gasteiger charge is 2.31. The number of aromatic carboxylic acids is 1. The van der Waals surface area contributed by atoms with Gasteiger partial charge in [0.05, 0.1) is 5.56 Å². The van der Waals surface area contributed by atoms with Gasteiger partial charge < -0.3 is 5.11 Å². The Balaban J connectivity index is 1.81. The van der Waals surface area contributed by atoms with E-state index in [1.54, 1.807) is 6.07 Å². The summed E-state index contributed by atoms with van der Waals surface area (Å²) in [5.74, 6) is 0.0346. The molecule has 1 aromatic carbocycles. The van der Waals surface area contributed by atoms with Crippen LogP contribution in [-0.2, 0) is 13.0 Å². The van der Waals surface area contributed by atoms with Gasteiger partial charge in [-0.05, 0) is 42.4 Å². The minimum absolute atomic E-state index is 0.503. The van der Waals surface area contributed by atoms with Crippen LogP contribution in [-0.4, -0.2) is 28.6 Å². The summed E-state index contributed by atoms with van der Waals surface area (Å²) < 4.78 is 0. The summed E-state index contributed by atoms with van der Waals surface area (Å²) in [6.45, 7) is 4.25. The highest BCUT2D eigenvalue weighted by molar-refractivity contribution is 5.89. The lowest BCUT2D eigenvalue weighted by Gasteiger charge is -2.42. The van der Waals surface area contributed by atoms with Gasteiger partial charge in [-0.15, -0.1) is 0 Å². The van der Waals surface area contributed by atoms with Crippen LogP contribution in [0.25, 0.3) is 0 Å². The molecule has 2 atom stereocenters. The van der Waals surface area contributed by atoms with Gasteiger partial charge in [0.25, 0.3) is 0 Å². The molecule has 3 heteroatoms. The Morgan fingerprint density at radius 2 is 2.14 bits per heavy atom. The number of rotatable bonds is 3. The van der Waals surface area contributed by atoms with E-state index in [0.717, 1.165) is 31.0 Å². The van der Waals surface area contributed by atoms with Crippen LogP contribution in [0.1, 0.15) is 60.5 Å². The van der Waals surface area contributed by atoms with Crippen molar-refractivity contribution in [2.75, 3.05) is 6.54 Å². The average molecular weight is 287 g/mol. The zero-order valence-corrected chi connectivity index (χ0v) is 12.8. The number of carboxylic acid groups (broad SMARTS) is 1. The van der Waals surface area contributed by atoms with Crippen LogP contribution in [0.2, 0.25) is 0 Å². The van der Waals surface area contributed by atoms with Crippen molar-refractivity contribution in [3.63, 3.8) is 0 Å². The molecule has 1 heterocycles. The molecule has 2 aliphatic rings. The van der Waals surface area contributed by atoms with Crippen LogP contribution in [0.3, 0.4) is 0 Å². The van der Waals surface area contributed by atoms with E-state index < -0.39 is 5.97 Å². The van der Waals surface area contributed by atoms with Crippen molar-refractivity contribution in [2.45, 2.75) is 58.0 Å². The van der Waals surface area contributed by atoms with Gasteiger partial charge in [0.2, 0.25) is 0 Å². The Hall–Kier alpha value is -1.35. The van der Waals surface area contributed by atoms with Gasteiger partial charge in [0, 0.05) is 19.1 Å². The number of hydrogen-bond donors (Lipinski definition) is 1. The number of hydrogen-bond acceptors (Lipinski definition) is 2. The normalized spacial score (nSPS) is 26.3. The summed E-state index contributed by atoms with van der Waals surface area (Å²) >= 11 is 0. The SMILES string of the molecule is CCC1CCCCC1N1CCc2c(cccc2C(=O)O)C1. The fraction of sp³-hybridized carbons (Fsp3) is 0.611. The predicted molar refractivity (Wildman–Crippen MR) is 83.6 cm³/mol. The molecule has 21 heavy (non-hydrogen) atoms. The highest BCUT2D eigenvalue weighted by Crippen LogP contribution is 2.34. The van der Waals surface area contributed by atoms with E-state index in [4.69, 9.17) is 0 Å². The van der Waals surface area contributed by atoms with Crippen molar-refractivity contribution in [2.24, 2.45) is 5.92 Å². The van der Waals surface area contributed by atoms with E-state index in [1.807, 2.05) is 6.07 Å². The summed E-state index contributed by atoms with van der Waals surface area (Å²) in [6.07, 6.45) is 7.54. The molecule has 2 unspecified atom stereocenters. The Morgan fingerprint density at radius 3 is 2.90 bits per heavy atom. The molecule has 1 N–H and O–H groups in total. The van der Waals surface area contributed by atoms with Gasteiger partial charge in [-0.3, -0.25) is 4.90 Å². The predicted octanol–water partition coefficient (Wildman–Crippen LogP) is 3.71. The number of benzene rings is 1. The zero-order valence-electron chi connectivity index (χ0n) is 12.8. The van der Waals surface area contributed by atoms with Crippen LogP contribution in [0.4, 0.5) is 0 Å². The van der Waals surface area contributed by atoms with Crippen molar-refractivity contribution >= 4 is 5.97 Å². The summed E-state index contributed by atoms with van der Waals surface area (Å²) in [4.78, 5) is 14.0. The molecule has 0 amide bonds. The minimum Gasteiger partial charge on any atom is -0.478 e. The van der Waals surface area contributed by atoms with E-state index in [1.165, 1.54) is 37.7 Å². The molecular weight excluding hydrogens is 262 g/mol. The Morgan fingerprint density at radius 1 is 1.33 bits per heavy atom. The number of nitrogens with zero attached hydrogens (tertiary/aromatic N) is 1. The number of fused-ring (bicyclic) bond motifs is 1. The lowest BCUT2D eigenvalue weighted by atomic mass is 9.80. The summed E-state index contributed by atoms with van der Waals surface area (Å²) in [5.41, 5.74) is 2.79. The lowest BCUT2D eigenvalue weighted by molar-refractivity contribution is 0.0689. The van der Waals surface area contributed by atoms with Gasteiger partial charge >= 0.3 is 5.97 Å². The Labute approximate surface area is 127 Å². The third-order valence-corrected chi connectivity index (χ3v) is 5.39. The quantitative estimate of drug-likeness (QED) is 0.921. The molecule has 0 bridgehead atoms. The van der Waals surface area contributed by atoms with Gasteiger partial charge in [-0.1, -0.05) is 38.3 Å². The summed E-state index contributed by atoms with van der Waals surface area (Å²) in [5, 5.41) is 9.32. The van der Waals surface area contributed by atoms with E-state index >= 15 is 0 Å². The maximum absolute atomic E-state index is 11.3. The Bertz CT molecular complexity index is 526. The van der Waals surface area contributed by atoms with Crippen molar-refractivity contribution in [3.05, 3.63) is 34.9 Å². The molecule has 3 nitrogen and oxygen atoms in total. The molecule has 1 saturated carbocycles.